The first-order valence-electron chi connectivity index (χ1n) is 6.80. The van der Waals surface area contributed by atoms with Crippen molar-refractivity contribution in [3.8, 4) is 0 Å². The van der Waals surface area contributed by atoms with Gasteiger partial charge in [0, 0.05) is 34.4 Å². The summed E-state index contributed by atoms with van der Waals surface area (Å²) in [7, 11) is 0. The number of hydrogen-bond acceptors (Lipinski definition) is 2. The Bertz CT molecular complexity index is 760. The lowest BCUT2D eigenvalue weighted by atomic mass is 9.94. The second-order valence-electron chi connectivity index (χ2n) is 5.07. The summed E-state index contributed by atoms with van der Waals surface area (Å²) in [5, 5.41) is 12.4. The van der Waals surface area contributed by atoms with Crippen molar-refractivity contribution in [2.24, 2.45) is 0 Å². The molecule has 0 saturated heterocycles. The Morgan fingerprint density at radius 3 is 2.50 bits per heavy atom. The summed E-state index contributed by atoms with van der Waals surface area (Å²) in [6, 6.07) is 14.7. The van der Waals surface area contributed by atoms with Gasteiger partial charge < -0.3 is 9.67 Å². The number of aliphatic hydroxyl groups is 1. The molecule has 1 atom stereocenters. The number of hydrogen-bond donors (Lipinski definition) is 1. The largest absolute Gasteiger partial charge is 0.366 e. The van der Waals surface area contributed by atoms with E-state index in [2.05, 4.69) is 4.98 Å². The van der Waals surface area contributed by atoms with Crippen LogP contribution in [0.1, 0.15) is 11.1 Å². The average molecular weight is 333 g/mol. The van der Waals surface area contributed by atoms with Crippen LogP contribution in [0.3, 0.4) is 0 Å². The SMILES string of the molecule is OC(Cc1ccc(Cl)cc1Cl)(c1ccccc1)n1ccnc1. The molecule has 3 aromatic rings. The number of imidazole rings is 1. The third kappa shape index (κ3) is 2.88. The molecule has 5 heteroatoms. The van der Waals surface area contributed by atoms with Gasteiger partial charge in [-0.15, -0.1) is 0 Å². The number of nitrogens with zero attached hydrogens (tertiary/aromatic N) is 2. The third-order valence-corrected chi connectivity index (χ3v) is 4.21. The molecule has 22 heavy (non-hydrogen) atoms. The maximum atomic E-state index is 11.3. The van der Waals surface area contributed by atoms with Crippen molar-refractivity contribution >= 4 is 23.2 Å². The predicted octanol–water partition coefficient (Wildman–Crippen LogP) is 4.13. The van der Waals surface area contributed by atoms with Crippen molar-refractivity contribution in [1.82, 2.24) is 9.55 Å². The van der Waals surface area contributed by atoms with E-state index in [0.717, 1.165) is 11.1 Å². The number of benzene rings is 2. The van der Waals surface area contributed by atoms with E-state index in [1.807, 2.05) is 36.4 Å². The molecule has 1 N–H and O–H groups in total. The molecule has 1 unspecified atom stereocenters. The molecule has 3 rings (SSSR count). The lowest BCUT2D eigenvalue weighted by Crippen LogP contribution is -2.36. The van der Waals surface area contributed by atoms with Gasteiger partial charge in [-0.05, 0) is 17.7 Å². The van der Waals surface area contributed by atoms with Gasteiger partial charge in [0.1, 0.15) is 0 Å². The lowest BCUT2D eigenvalue weighted by molar-refractivity contribution is 0.00540. The van der Waals surface area contributed by atoms with E-state index in [9.17, 15) is 5.11 Å². The first-order valence-corrected chi connectivity index (χ1v) is 7.55. The van der Waals surface area contributed by atoms with Crippen LogP contribution < -0.4 is 0 Å². The Kier molecular flexibility index (Phi) is 4.21. The Morgan fingerprint density at radius 2 is 1.86 bits per heavy atom. The van der Waals surface area contributed by atoms with Crippen molar-refractivity contribution in [2.75, 3.05) is 0 Å². The third-order valence-electron chi connectivity index (χ3n) is 3.62. The molecular weight excluding hydrogens is 319 g/mol. The van der Waals surface area contributed by atoms with Crippen LogP contribution in [0.2, 0.25) is 10.0 Å². The van der Waals surface area contributed by atoms with E-state index >= 15 is 0 Å². The molecule has 0 aliphatic carbocycles. The van der Waals surface area contributed by atoms with E-state index < -0.39 is 5.72 Å². The van der Waals surface area contributed by atoms with Crippen LogP contribution in [0.4, 0.5) is 0 Å². The van der Waals surface area contributed by atoms with Crippen LogP contribution in [-0.4, -0.2) is 14.7 Å². The monoisotopic (exact) mass is 332 g/mol. The summed E-state index contributed by atoms with van der Waals surface area (Å²) < 4.78 is 1.67. The Hall–Kier alpha value is -1.81. The van der Waals surface area contributed by atoms with Gasteiger partial charge in [-0.25, -0.2) is 4.98 Å². The minimum atomic E-state index is -1.27. The molecular formula is C17H14Cl2N2O. The molecule has 0 aliphatic heterocycles. The number of rotatable bonds is 4. The van der Waals surface area contributed by atoms with E-state index in [1.165, 1.54) is 0 Å². The normalized spacial score (nSPS) is 13.8. The molecule has 0 saturated carbocycles. The zero-order chi connectivity index (χ0) is 15.6. The van der Waals surface area contributed by atoms with Crippen molar-refractivity contribution < 1.29 is 5.11 Å². The maximum absolute atomic E-state index is 11.3. The Labute approximate surface area is 138 Å². The highest BCUT2D eigenvalue weighted by molar-refractivity contribution is 6.35. The van der Waals surface area contributed by atoms with Gasteiger partial charge in [-0.3, -0.25) is 0 Å². The second kappa shape index (κ2) is 6.13. The zero-order valence-corrected chi connectivity index (χ0v) is 13.2. The molecule has 0 spiro atoms. The van der Waals surface area contributed by atoms with E-state index in [4.69, 9.17) is 23.2 Å². The minimum Gasteiger partial charge on any atom is -0.366 e. The summed E-state index contributed by atoms with van der Waals surface area (Å²) in [6.45, 7) is 0. The molecule has 2 aromatic carbocycles. The van der Waals surface area contributed by atoms with Gasteiger partial charge in [-0.1, -0.05) is 59.6 Å². The highest BCUT2D eigenvalue weighted by Gasteiger charge is 2.32. The molecule has 0 aliphatic rings. The Balaban J connectivity index is 2.07. The topological polar surface area (TPSA) is 38.0 Å². The second-order valence-corrected chi connectivity index (χ2v) is 5.91. The summed E-state index contributed by atoms with van der Waals surface area (Å²) in [4.78, 5) is 4.04. The van der Waals surface area contributed by atoms with Crippen molar-refractivity contribution in [2.45, 2.75) is 12.1 Å². The molecule has 3 nitrogen and oxygen atoms in total. The Morgan fingerprint density at radius 1 is 1.09 bits per heavy atom. The van der Waals surface area contributed by atoms with Crippen molar-refractivity contribution in [3.63, 3.8) is 0 Å². The maximum Gasteiger partial charge on any atom is 0.173 e. The highest BCUT2D eigenvalue weighted by Crippen LogP contribution is 2.31. The molecule has 0 bridgehead atoms. The lowest BCUT2D eigenvalue weighted by Gasteiger charge is -2.30. The quantitative estimate of drug-likeness (QED) is 0.780. The summed E-state index contributed by atoms with van der Waals surface area (Å²) in [5.74, 6) is 0. The van der Waals surface area contributed by atoms with Crippen LogP contribution in [0.15, 0.2) is 67.3 Å². The van der Waals surface area contributed by atoms with E-state index in [1.54, 1.807) is 35.4 Å². The molecule has 112 valence electrons. The molecule has 0 fully saturated rings. The van der Waals surface area contributed by atoms with Gasteiger partial charge in [0.15, 0.2) is 5.72 Å². The number of aromatic nitrogens is 2. The van der Waals surface area contributed by atoms with Gasteiger partial charge in [0.25, 0.3) is 0 Å². The van der Waals surface area contributed by atoms with E-state index in [-0.39, 0.29) is 0 Å². The fourth-order valence-corrected chi connectivity index (χ4v) is 2.93. The summed E-state index contributed by atoms with van der Waals surface area (Å²) in [5.41, 5.74) is 0.306. The predicted molar refractivity (Wildman–Crippen MR) is 88.1 cm³/mol. The molecule has 1 aromatic heterocycles. The van der Waals surface area contributed by atoms with Crippen LogP contribution in [0.5, 0.6) is 0 Å². The fraction of sp³-hybridized carbons (Fsp3) is 0.118. The highest BCUT2D eigenvalue weighted by atomic mass is 35.5. The average Bonchev–Trinajstić information content (AvgIpc) is 3.06. The zero-order valence-electron chi connectivity index (χ0n) is 11.7. The smallest absolute Gasteiger partial charge is 0.173 e. The van der Waals surface area contributed by atoms with Gasteiger partial charge >= 0.3 is 0 Å². The van der Waals surface area contributed by atoms with E-state index in [0.29, 0.717) is 16.5 Å². The first-order chi connectivity index (χ1) is 10.6. The van der Waals surface area contributed by atoms with Crippen LogP contribution >= 0.6 is 23.2 Å². The van der Waals surface area contributed by atoms with Crippen LogP contribution in [0, 0.1) is 0 Å². The summed E-state index contributed by atoms with van der Waals surface area (Å²) in [6.07, 6.45) is 5.27. The minimum absolute atomic E-state index is 0.309. The van der Waals surface area contributed by atoms with Crippen LogP contribution in [0.25, 0.3) is 0 Å². The number of halogens is 2. The van der Waals surface area contributed by atoms with Gasteiger partial charge in [0.05, 0.1) is 6.33 Å². The standard InChI is InChI=1S/C17H14Cl2N2O/c18-15-7-6-13(16(19)10-15)11-17(22,21-9-8-20-12-21)14-4-2-1-3-5-14/h1-10,12,22H,11H2. The molecule has 0 amide bonds. The fourth-order valence-electron chi connectivity index (χ4n) is 2.46. The van der Waals surface area contributed by atoms with Crippen molar-refractivity contribution in [1.29, 1.82) is 0 Å². The molecule has 0 radical (unpaired) electrons. The van der Waals surface area contributed by atoms with Crippen LogP contribution in [-0.2, 0) is 12.1 Å². The first kappa shape index (κ1) is 15.1. The van der Waals surface area contributed by atoms with Gasteiger partial charge in [-0.2, -0.15) is 0 Å². The molecule has 1 heterocycles. The van der Waals surface area contributed by atoms with Gasteiger partial charge in [0.2, 0.25) is 0 Å². The van der Waals surface area contributed by atoms with Crippen molar-refractivity contribution in [3.05, 3.63) is 88.4 Å². The summed E-state index contributed by atoms with van der Waals surface area (Å²) >= 11 is 12.2.